The third-order valence-electron chi connectivity index (χ3n) is 3.17. The average molecular weight is 230 g/mol. The molecule has 0 heterocycles. The summed E-state index contributed by atoms with van der Waals surface area (Å²) in [6.45, 7) is 4.02. The lowest BCUT2D eigenvalue weighted by molar-refractivity contribution is 0.434. The summed E-state index contributed by atoms with van der Waals surface area (Å²) in [4.78, 5) is 0. The van der Waals surface area contributed by atoms with Gasteiger partial charge in [-0.05, 0) is 29.7 Å². The van der Waals surface area contributed by atoms with E-state index in [-0.39, 0.29) is 24.1 Å². The van der Waals surface area contributed by atoms with E-state index < -0.39 is 0 Å². The molecule has 0 aliphatic rings. The lowest BCUT2D eigenvalue weighted by Crippen LogP contribution is -2.10. The second-order valence-corrected chi connectivity index (χ2v) is 4.20. The Morgan fingerprint density at radius 3 is 2.59 bits per heavy atom. The Hall–Kier alpha value is -1.87. The molecule has 0 fully saturated rings. The lowest BCUT2D eigenvalue weighted by Gasteiger charge is -2.21. The summed E-state index contributed by atoms with van der Waals surface area (Å²) in [5.74, 6) is -0.249. The van der Waals surface area contributed by atoms with Crippen molar-refractivity contribution in [1.29, 1.82) is 10.5 Å². The van der Waals surface area contributed by atoms with Crippen LogP contribution in [0.1, 0.15) is 43.7 Å². The SMILES string of the molecule is CCC(C)C(CC#N)c1cc(C#N)ccc1F. The van der Waals surface area contributed by atoms with E-state index in [4.69, 9.17) is 10.5 Å². The maximum atomic E-state index is 13.8. The second-order valence-electron chi connectivity index (χ2n) is 4.20. The van der Waals surface area contributed by atoms with E-state index in [1.807, 2.05) is 19.9 Å². The quantitative estimate of drug-likeness (QED) is 0.791. The van der Waals surface area contributed by atoms with Crippen LogP contribution in [0.25, 0.3) is 0 Å². The summed E-state index contributed by atoms with van der Waals surface area (Å²) in [6, 6.07) is 8.42. The van der Waals surface area contributed by atoms with Crippen LogP contribution < -0.4 is 0 Å². The van der Waals surface area contributed by atoms with Gasteiger partial charge in [-0.15, -0.1) is 0 Å². The first kappa shape index (κ1) is 13.2. The molecular weight excluding hydrogens is 215 g/mol. The lowest BCUT2D eigenvalue weighted by atomic mass is 9.83. The molecule has 0 aliphatic carbocycles. The molecule has 0 spiro atoms. The highest BCUT2D eigenvalue weighted by Gasteiger charge is 2.21. The summed E-state index contributed by atoms with van der Waals surface area (Å²) >= 11 is 0. The average Bonchev–Trinajstić information content (AvgIpc) is 2.36. The van der Waals surface area contributed by atoms with E-state index >= 15 is 0 Å². The first-order valence-electron chi connectivity index (χ1n) is 5.70. The van der Waals surface area contributed by atoms with Gasteiger partial charge in [0.05, 0.1) is 17.7 Å². The predicted molar refractivity (Wildman–Crippen MR) is 63.5 cm³/mol. The zero-order chi connectivity index (χ0) is 12.8. The van der Waals surface area contributed by atoms with Crippen molar-refractivity contribution in [3.05, 3.63) is 35.1 Å². The minimum atomic E-state index is -0.329. The van der Waals surface area contributed by atoms with E-state index in [2.05, 4.69) is 6.07 Å². The van der Waals surface area contributed by atoms with E-state index in [0.29, 0.717) is 11.1 Å². The maximum absolute atomic E-state index is 13.8. The highest BCUT2D eigenvalue weighted by molar-refractivity contribution is 5.36. The van der Waals surface area contributed by atoms with Crippen molar-refractivity contribution < 1.29 is 4.39 Å². The topological polar surface area (TPSA) is 47.6 Å². The fourth-order valence-electron chi connectivity index (χ4n) is 1.90. The zero-order valence-electron chi connectivity index (χ0n) is 10.1. The van der Waals surface area contributed by atoms with Gasteiger partial charge in [-0.3, -0.25) is 0 Å². The number of benzene rings is 1. The molecule has 17 heavy (non-hydrogen) atoms. The van der Waals surface area contributed by atoms with Gasteiger partial charge in [-0.1, -0.05) is 20.3 Å². The molecular formula is C14H15FN2. The van der Waals surface area contributed by atoms with Crippen LogP contribution in [0, 0.1) is 34.4 Å². The maximum Gasteiger partial charge on any atom is 0.126 e. The van der Waals surface area contributed by atoms with Crippen LogP contribution in [0.5, 0.6) is 0 Å². The van der Waals surface area contributed by atoms with Gasteiger partial charge in [0.2, 0.25) is 0 Å². The van der Waals surface area contributed by atoms with Crippen molar-refractivity contribution in [3.63, 3.8) is 0 Å². The van der Waals surface area contributed by atoms with Crippen molar-refractivity contribution in [2.24, 2.45) is 5.92 Å². The minimum Gasteiger partial charge on any atom is -0.207 e. The molecule has 2 nitrogen and oxygen atoms in total. The van der Waals surface area contributed by atoms with Crippen molar-refractivity contribution in [3.8, 4) is 12.1 Å². The number of nitrogens with zero attached hydrogens (tertiary/aromatic N) is 2. The van der Waals surface area contributed by atoms with Crippen molar-refractivity contribution in [2.45, 2.75) is 32.6 Å². The third-order valence-corrected chi connectivity index (χ3v) is 3.17. The molecule has 1 aromatic rings. The molecule has 2 unspecified atom stereocenters. The van der Waals surface area contributed by atoms with E-state index in [1.54, 1.807) is 6.07 Å². The van der Waals surface area contributed by atoms with Crippen LogP contribution in [0.15, 0.2) is 18.2 Å². The van der Waals surface area contributed by atoms with Crippen LogP contribution in [-0.2, 0) is 0 Å². The minimum absolute atomic E-state index is 0.140. The Morgan fingerprint density at radius 1 is 1.35 bits per heavy atom. The standard InChI is InChI=1S/C14H15FN2/c1-3-10(2)12(6-7-16)13-8-11(9-17)4-5-14(13)15/h4-5,8,10,12H,3,6H2,1-2H3. The summed E-state index contributed by atoms with van der Waals surface area (Å²) < 4.78 is 13.8. The zero-order valence-corrected chi connectivity index (χ0v) is 10.1. The summed E-state index contributed by atoms with van der Waals surface area (Å²) in [7, 11) is 0. The Balaban J connectivity index is 3.18. The Morgan fingerprint density at radius 2 is 2.06 bits per heavy atom. The molecule has 0 N–H and O–H groups in total. The molecule has 0 saturated heterocycles. The molecule has 0 amide bonds. The number of halogens is 1. The van der Waals surface area contributed by atoms with Gasteiger partial charge in [0.25, 0.3) is 0 Å². The Bertz CT molecular complexity index is 468. The molecule has 0 saturated carbocycles. The van der Waals surface area contributed by atoms with Crippen LogP contribution in [-0.4, -0.2) is 0 Å². The van der Waals surface area contributed by atoms with Gasteiger partial charge in [-0.25, -0.2) is 4.39 Å². The molecule has 1 aromatic carbocycles. The van der Waals surface area contributed by atoms with Gasteiger partial charge in [-0.2, -0.15) is 10.5 Å². The molecule has 2 atom stereocenters. The third kappa shape index (κ3) is 3.04. The highest BCUT2D eigenvalue weighted by atomic mass is 19.1. The molecule has 0 aromatic heterocycles. The van der Waals surface area contributed by atoms with E-state index in [9.17, 15) is 4.39 Å². The van der Waals surface area contributed by atoms with Crippen molar-refractivity contribution >= 4 is 0 Å². The monoisotopic (exact) mass is 230 g/mol. The summed E-state index contributed by atoms with van der Waals surface area (Å²) in [6.07, 6.45) is 1.16. The highest BCUT2D eigenvalue weighted by Crippen LogP contribution is 2.32. The van der Waals surface area contributed by atoms with Gasteiger partial charge >= 0.3 is 0 Å². The van der Waals surface area contributed by atoms with Crippen LogP contribution >= 0.6 is 0 Å². The van der Waals surface area contributed by atoms with Gasteiger partial charge in [0.15, 0.2) is 0 Å². The van der Waals surface area contributed by atoms with Crippen molar-refractivity contribution in [1.82, 2.24) is 0 Å². The predicted octanol–water partition coefficient (Wildman–Crippen LogP) is 3.74. The first-order valence-corrected chi connectivity index (χ1v) is 5.70. The number of hydrogen-bond acceptors (Lipinski definition) is 2. The van der Waals surface area contributed by atoms with Crippen molar-refractivity contribution in [2.75, 3.05) is 0 Å². The van der Waals surface area contributed by atoms with E-state index in [1.165, 1.54) is 12.1 Å². The Kier molecular flexibility index (Phi) is 4.67. The molecule has 0 aliphatic heterocycles. The molecule has 88 valence electrons. The summed E-state index contributed by atoms with van der Waals surface area (Å²) in [5, 5.41) is 17.6. The number of nitriles is 2. The van der Waals surface area contributed by atoms with Crippen LogP contribution in [0.3, 0.4) is 0 Å². The smallest absolute Gasteiger partial charge is 0.126 e. The van der Waals surface area contributed by atoms with Gasteiger partial charge in [0, 0.05) is 12.3 Å². The fourth-order valence-corrected chi connectivity index (χ4v) is 1.90. The normalized spacial score (nSPS) is 13.5. The van der Waals surface area contributed by atoms with E-state index in [0.717, 1.165) is 6.42 Å². The van der Waals surface area contributed by atoms with Crippen LogP contribution in [0.2, 0.25) is 0 Å². The molecule has 3 heteroatoms. The molecule has 0 bridgehead atoms. The molecule has 1 rings (SSSR count). The largest absolute Gasteiger partial charge is 0.207 e. The van der Waals surface area contributed by atoms with Gasteiger partial charge in [0.1, 0.15) is 5.82 Å². The second kappa shape index (κ2) is 6.01. The van der Waals surface area contributed by atoms with Gasteiger partial charge < -0.3 is 0 Å². The number of rotatable bonds is 4. The number of hydrogen-bond donors (Lipinski definition) is 0. The molecule has 0 radical (unpaired) electrons. The fraction of sp³-hybridized carbons (Fsp3) is 0.429. The Labute approximate surface area is 101 Å². The summed E-state index contributed by atoms with van der Waals surface area (Å²) in [5.41, 5.74) is 0.924. The first-order chi connectivity index (χ1) is 8.13. The van der Waals surface area contributed by atoms with Crippen LogP contribution in [0.4, 0.5) is 4.39 Å².